The highest BCUT2D eigenvalue weighted by atomic mass is 35.5. The highest BCUT2D eigenvalue weighted by Gasteiger charge is 2.62. The lowest BCUT2D eigenvalue weighted by Crippen LogP contribution is -2.42. The van der Waals surface area contributed by atoms with Crippen LogP contribution >= 0.6 is 23.2 Å². The van der Waals surface area contributed by atoms with Crippen LogP contribution in [0.25, 0.3) is 6.08 Å². The molecule has 0 aromatic heterocycles. The Balaban J connectivity index is 1.43. The van der Waals surface area contributed by atoms with E-state index in [-0.39, 0.29) is 56.2 Å². The molecule has 2 aromatic carbocycles. The summed E-state index contributed by atoms with van der Waals surface area (Å²) in [5, 5.41) is 13.4. The van der Waals surface area contributed by atoms with E-state index in [0.717, 1.165) is 17.0 Å². The van der Waals surface area contributed by atoms with Crippen molar-refractivity contribution in [1.82, 2.24) is 0 Å². The van der Waals surface area contributed by atoms with Crippen LogP contribution in [0.1, 0.15) is 48.8 Å². The fourth-order valence-corrected chi connectivity index (χ4v) is 4.83. The number of benzene rings is 2. The zero-order chi connectivity index (χ0) is 27.2. The van der Waals surface area contributed by atoms with E-state index in [0.29, 0.717) is 31.2 Å². The maximum absolute atomic E-state index is 14.2. The van der Waals surface area contributed by atoms with Crippen molar-refractivity contribution in [2.24, 2.45) is 17.0 Å². The number of rotatable bonds is 6. The molecule has 1 unspecified atom stereocenters. The molecule has 38 heavy (non-hydrogen) atoms. The molecule has 0 saturated heterocycles. The smallest absolute Gasteiger partial charge is 0.374 e. The quantitative estimate of drug-likeness (QED) is 0.363. The van der Waals surface area contributed by atoms with E-state index >= 15 is 0 Å². The molecule has 2 fully saturated rings. The Morgan fingerprint density at radius 3 is 2.16 bits per heavy atom. The van der Waals surface area contributed by atoms with Crippen LogP contribution in [-0.2, 0) is 20.0 Å². The number of halogens is 5. The van der Waals surface area contributed by atoms with Crippen LogP contribution in [-0.4, -0.2) is 23.7 Å². The third-order valence-corrected chi connectivity index (χ3v) is 7.12. The van der Waals surface area contributed by atoms with Crippen molar-refractivity contribution < 1.29 is 27.6 Å². The number of carbonyl (C=O) groups is 2. The fraction of sp³-hybridized carbons (Fsp3) is 0.333. The number of amides is 2. The fourth-order valence-electron chi connectivity index (χ4n) is 4.30. The van der Waals surface area contributed by atoms with Crippen LogP contribution in [0.5, 0.6) is 0 Å². The minimum atomic E-state index is -4.82. The van der Waals surface area contributed by atoms with Gasteiger partial charge in [0, 0.05) is 33.9 Å². The number of anilines is 1. The first-order chi connectivity index (χ1) is 18.0. The molecule has 0 N–H and O–H groups in total. The Hall–Kier alpha value is -3.35. The Morgan fingerprint density at radius 1 is 1.03 bits per heavy atom. The number of nitriles is 1. The first-order valence-electron chi connectivity index (χ1n) is 11.9. The number of hydrogen-bond donors (Lipinski definition) is 0. The van der Waals surface area contributed by atoms with Gasteiger partial charge in [-0.25, -0.2) is 4.90 Å². The molecule has 3 aliphatic rings. The molecule has 2 aliphatic carbocycles. The van der Waals surface area contributed by atoms with Crippen molar-refractivity contribution in [3.05, 3.63) is 69.2 Å². The molecule has 6 nitrogen and oxygen atoms in total. The minimum Gasteiger partial charge on any atom is -0.374 e. The Morgan fingerprint density at radius 2 is 1.63 bits per heavy atom. The van der Waals surface area contributed by atoms with Crippen LogP contribution < -0.4 is 4.90 Å². The average Bonchev–Trinajstić information content (AvgIpc) is 3.79. The normalized spacial score (nSPS) is 21.1. The molecule has 0 spiro atoms. The Kier molecular flexibility index (Phi) is 6.74. The van der Waals surface area contributed by atoms with Gasteiger partial charge in [-0.3, -0.25) is 9.59 Å². The molecule has 196 valence electrons. The zero-order valence-electron chi connectivity index (χ0n) is 19.8. The summed E-state index contributed by atoms with van der Waals surface area (Å²) in [4.78, 5) is 32.1. The van der Waals surface area contributed by atoms with E-state index in [1.807, 2.05) is 6.07 Å². The molecule has 2 aromatic rings. The monoisotopic (exact) mass is 561 g/mol. The average molecular weight is 562 g/mol. The molecule has 1 atom stereocenters. The molecule has 5 rings (SSSR count). The number of alkyl halides is 3. The van der Waals surface area contributed by atoms with Crippen LogP contribution in [0.15, 0.2) is 47.6 Å². The molecule has 11 heteroatoms. The summed E-state index contributed by atoms with van der Waals surface area (Å²) in [6.07, 6.45) is 0.154. The van der Waals surface area contributed by atoms with Crippen molar-refractivity contribution in [2.45, 2.75) is 43.9 Å². The van der Waals surface area contributed by atoms with Gasteiger partial charge in [0.25, 0.3) is 5.60 Å². The second kappa shape index (κ2) is 9.75. The molecule has 1 heterocycles. The Labute approximate surface area is 226 Å². The number of nitrogens with zero attached hydrogens (tertiary/aromatic N) is 3. The summed E-state index contributed by atoms with van der Waals surface area (Å²) in [7, 11) is 0. The number of carbonyl (C=O) groups excluding carboxylic acids is 2. The van der Waals surface area contributed by atoms with E-state index in [1.165, 1.54) is 30.4 Å². The van der Waals surface area contributed by atoms with Gasteiger partial charge in [-0.2, -0.15) is 18.4 Å². The molecular formula is C27H20Cl2F3N3O3. The van der Waals surface area contributed by atoms with Crippen LogP contribution in [0.3, 0.4) is 0 Å². The summed E-state index contributed by atoms with van der Waals surface area (Å²) < 4.78 is 42.6. The molecular weight excluding hydrogens is 542 g/mol. The van der Waals surface area contributed by atoms with Crippen molar-refractivity contribution >= 4 is 52.5 Å². The number of hydrogen-bond acceptors (Lipinski definition) is 5. The van der Waals surface area contributed by atoms with Gasteiger partial charge in [-0.15, -0.1) is 0 Å². The summed E-state index contributed by atoms with van der Waals surface area (Å²) >= 11 is 11.9. The second-order valence-electron chi connectivity index (χ2n) is 9.62. The predicted octanol–water partition coefficient (Wildman–Crippen LogP) is 6.79. The van der Waals surface area contributed by atoms with Crippen molar-refractivity contribution in [3.8, 4) is 6.07 Å². The molecule has 2 amide bonds. The van der Waals surface area contributed by atoms with E-state index in [9.17, 15) is 28.0 Å². The predicted molar refractivity (Wildman–Crippen MR) is 135 cm³/mol. The minimum absolute atomic E-state index is 0.00398. The summed E-state index contributed by atoms with van der Waals surface area (Å²) in [5.41, 5.74) is -2.24. The number of allylic oxidation sites excluding steroid dienone is 1. The first kappa shape index (κ1) is 26.3. The SMILES string of the molecule is N#Cc1ccc(/C=C/C2=NOC(c3cc(Cl)cc(Cl)c3)(C(F)(F)F)C2)cc1N(C(=O)C1CC1)C(=O)C1CC1. The second-order valence-corrected chi connectivity index (χ2v) is 10.5. The van der Waals surface area contributed by atoms with Crippen LogP contribution in [0, 0.1) is 23.2 Å². The third kappa shape index (κ3) is 5.03. The van der Waals surface area contributed by atoms with Gasteiger partial charge in [-0.05, 0) is 67.7 Å². The van der Waals surface area contributed by atoms with E-state index in [2.05, 4.69) is 5.16 Å². The van der Waals surface area contributed by atoms with Gasteiger partial charge in [0.1, 0.15) is 6.07 Å². The van der Waals surface area contributed by atoms with Gasteiger partial charge < -0.3 is 4.84 Å². The summed E-state index contributed by atoms with van der Waals surface area (Å²) in [5.74, 6) is -1.15. The van der Waals surface area contributed by atoms with Crippen molar-refractivity contribution in [3.63, 3.8) is 0 Å². The van der Waals surface area contributed by atoms with Crippen LogP contribution in [0.4, 0.5) is 18.9 Å². The molecule has 0 radical (unpaired) electrons. The van der Waals surface area contributed by atoms with E-state index in [4.69, 9.17) is 28.0 Å². The zero-order valence-corrected chi connectivity index (χ0v) is 21.3. The van der Waals surface area contributed by atoms with Gasteiger partial charge in [0.05, 0.1) is 17.0 Å². The van der Waals surface area contributed by atoms with Gasteiger partial charge in [-0.1, -0.05) is 40.5 Å². The van der Waals surface area contributed by atoms with Gasteiger partial charge in [0.2, 0.25) is 11.8 Å². The number of imide groups is 1. The van der Waals surface area contributed by atoms with Crippen LogP contribution in [0.2, 0.25) is 10.0 Å². The standard InChI is InChI=1S/C27H20Cl2F3N3O3/c28-20-10-19(11-21(29)12-20)26(27(30,31)32)13-22(34-38-26)8-2-15-1-3-18(14-33)23(9-15)35(24(36)16-4-5-16)25(37)17-6-7-17/h1-3,8-12,16-17H,4-7,13H2/b8-2+. The maximum Gasteiger partial charge on any atom is 0.435 e. The highest BCUT2D eigenvalue weighted by molar-refractivity contribution is 6.34. The number of oxime groups is 1. The maximum atomic E-state index is 14.2. The summed E-state index contributed by atoms with van der Waals surface area (Å²) in [6.45, 7) is 0. The largest absolute Gasteiger partial charge is 0.435 e. The first-order valence-corrected chi connectivity index (χ1v) is 12.7. The lowest BCUT2D eigenvalue weighted by molar-refractivity contribution is -0.275. The summed E-state index contributed by atoms with van der Waals surface area (Å²) in [6, 6.07) is 10.2. The van der Waals surface area contributed by atoms with Crippen molar-refractivity contribution in [2.75, 3.05) is 4.90 Å². The van der Waals surface area contributed by atoms with E-state index in [1.54, 1.807) is 6.07 Å². The topological polar surface area (TPSA) is 82.8 Å². The molecule has 0 bridgehead atoms. The lowest BCUT2D eigenvalue weighted by atomic mass is 9.88. The van der Waals surface area contributed by atoms with Gasteiger partial charge in [0.15, 0.2) is 0 Å². The molecule has 1 aliphatic heterocycles. The Bertz CT molecular complexity index is 1380. The third-order valence-electron chi connectivity index (χ3n) is 6.68. The van der Waals surface area contributed by atoms with Gasteiger partial charge >= 0.3 is 6.18 Å². The van der Waals surface area contributed by atoms with Crippen molar-refractivity contribution in [1.29, 1.82) is 5.26 Å². The van der Waals surface area contributed by atoms with E-state index < -0.39 is 18.2 Å². The molecule has 2 saturated carbocycles. The highest BCUT2D eigenvalue weighted by Crippen LogP contribution is 2.49. The lowest BCUT2D eigenvalue weighted by Gasteiger charge is -2.29.